The smallest absolute Gasteiger partial charge is 0.143 e. The van der Waals surface area contributed by atoms with Gasteiger partial charge in [0.2, 0.25) is 0 Å². The second-order valence-corrected chi connectivity index (χ2v) is 10.3. The lowest BCUT2D eigenvalue weighted by atomic mass is 9.85. The maximum atomic E-state index is 9.23. The maximum Gasteiger partial charge on any atom is 0.143 e. The van der Waals surface area contributed by atoms with Gasteiger partial charge in [-0.15, -0.1) is 0 Å². The topological polar surface area (TPSA) is 26.3 Å². The van der Waals surface area contributed by atoms with Gasteiger partial charge in [0.05, 0.1) is 11.0 Å². The van der Waals surface area contributed by atoms with Crippen molar-refractivity contribution in [3.63, 3.8) is 0 Å². The van der Waals surface area contributed by atoms with E-state index in [2.05, 4.69) is 0 Å². The summed E-state index contributed by atoms with van der Waals surface area (Å²) in [6.07, 6.45) is 0. The largest absolute Gasteiger partial charge is 0.456 e. The first-order chi connectivity index (χ1) is 24.2. The van der Waals surface area contributed by atoms with Gasteiger partial charge < -0.3 is 8.83 Å². The zero-order chi connectivity index (χ0) is 34.6. The summed E-state index contributed by atoms with van der Waals surface area (Å²) in [6.45, 7) is 0. The van der Waals surface area contributed by atoms with E-state index in [9.17, 15) is 2.74 Å². The molecule has 196 valence electrons. The Labute approximate surface area is 253 Å². The van der Waals surface area contributed by atoms with Gasteiger partial charge in [0.25, 0.3) is 0 Å². The molecular weight excluding hydrogens is 512 g/mol. The first-order valence-corrected chi connectivity index (χ1v) is 13.6. The summed E-state index contributed by atoms with van der Waals surface area (Å²) in [5.41, 5.74) is 4.13. The van der Waals surface area contributed by atoms with E-state index in [1.54, 1.807) is 30.3 Å². The third-order valence-corrected chi connectivity index (χ3v) is 7.90. The van der Waals surface area contributed by atoms with E-state index in [0.717, 1.165) is 22.1 Å². The molecule has 2 heterocycles. The zero-order valence-corrected chi connectivity index (χ0v) is 22.1. The monoisotopic (exact) mass is 544 g/mol. The van der Waals surface area contributed by atoms with Crippen LogP contribution in [-0.2, 0) is 0 Å². The second-order valence-electron chi connectivity index (χ2n) is 10.3. The van der Waals surface area contributed by atoms with Gasteiger partial charge in [0.1, 0.15) is 22.5 Å². The molecule has 9 rings (SSSR count). The van der Waals surface area contributed by atoms with Crippen LogP contribution < -0.4 is 0 Å². The van der Waals surface area contributed by atoms with Crippen molar-refractivity contribution in [2.24, 2.45) is 0 Å². The molecule has 0 atom stereocenters. The fourth-order valence-corrected chi connectivity index (χ4v) is 6.06. The molecule has 2 heteroatoms. The van der Waals surface area contributed by atoms with Crippen LogP contribution in [0.3, 0.4) is 0 Å². The Morgan fingerprint density at radius 1 is 0.452 bits per heavy atom. The van der Waals surface area contributed by atoms with Gasteiger partial charge in [-0.05, 0) is 50.9 Å². The van der Waals surface area contributed by atoms with E-state index in [1.807, 2.05) is 66.7 Å². The average molecular weight is 545 g/mol. The van der Waals surface area contributed by atoms with E-state index in [0.29, 0.717) is 38.8 Å². The predicted octanol–water partition coefficient (Wildman–Crippen LogP) is 11.6. The van der Waals surface area contributed by atoms with Crippen molar-refractivity contribution in [1.82, 2.24) is 0 Å². The molecule has 2 aromatic heterocycles. The van der Waals surface area contributed by atoms with E-state index >= 15 is 0 Å². The zero-order valence-electron chi connectivity index (χ0n) is 30.1. The highest BCUT2D eigenvalue weighted by Crippen LogP contribution is 2.46. The molecule has 0 unspecified atom stereocenters. The summed E-state index contributed by atoms with van der Waals surface area (Å²) in [6, 6.07) is 26.9. The van der Waals surface area contributed by atoms with Gasteiger partial charge in [-0.1, -0.05) is 127 Å². The van der Waals surface area contributed by atoms with Gasteiger partial charge in [0, 0.05) is 32.8 Å². The van der Waals surface area contributed by atoms with Crippen molar-refractivity contribution < 1.29 is 19.8 Å². The van der Waals surface area contributed by atoms with E-state index in [-0.39, 0.29) is 51.3 Å². The van der Waals surface area contributed by atoms with Crippen LogP contribution in [0.1, 0.15) is 11.0 Å². The summed E-state index contributed by atoms with van der Waals surface area (Å²) >= 11 is 0. The third-order valence-electron chi connectivity index (χ3n) is 7.90. The fraction of sp³-hybridized carbons (Fsp3) is 0. The molecular formula is C40H24O2. The van der Waals surface area contributed by atoms with Crippen molar-refractivity contribution in [2.75, 3.05) is 0 Å². The molecule has 42 heavy (non-hydrogen) atoms. The lowest BCUT2D eigenvalue weighted by Crippen LogP contribution is -1.90. The summed E-state index contributed by atoms with van der Waals surface area (Å²) in [7, 11) is 0. The maximum absolute atomic E-state index is 9.23. The number of rotatable bonds is 3. The van der Waals surface area contributed by atoms with Crippen molar-refractivity contribution in [1.29, 1.82) is 0 Å². The number of benzene rings is 7. The SMILES string of the molecule is [2H]c1c([2H])c([2H])c2c(-c3cccc4c3oc3cc5cc(-c6ccccc6)oc5cc34)c3c([2H])c([2H])c([2H])c([2H])c3c(-c3ccccc3)c2c1[2H]. The Bertz CT molecular complexity index is 2810. The highest BCUT2D eigenvalue weighted by molar-refractivity contribution is 6.24. The molecule has 9 aromatic rings. The number of para-hydroxylation sites is 1. The van der Waals surface area contributed by atoms with Crippen LogP contribution in [0.15, 0.2) is 154 Å². The minimum atomic E-state index is -0.450. The van der Waals surface area contributed by atoms with Crippen molar-refractivity contribution in [3.05, 3.63) is 145 Å². The van der Waals surface area contributed by atoms with E-state index in [1.165, 1.54) is 0 Å². The molecule has 7 aromatic carbocycles. The summed E-state index contributed by atoms with van der Waals surface area (Å²) in [5, 5.41) is 2.92. The molecule has 0 spiro atoms. The molecule has 0 fully saturated rings. The van der Waals surface area contributed by atoms with Gasteiger partial charge >= 0.3 is 0 Å². The Balaban J connectivity index is 1.46. The standard InChI is InChI=1S/C40H24O2/c1-3-12-25(13-4-1)35-22-27-23-37-34(24-36(27)41-35)32-20-11-21-33(40(32)42-37)39-30-18-9-7-16-28(30)38(26-14-5-2-6-15-26)29-17-8-10-19-31(29)39/h1-24H/i7D,8D,9D,10D,16D,17D,18D,19D. The Kier molecular flexibility index (Phi) is 3.54. The molecule has 0 saturated heterocycles. The molecule has 0 radical (unpaired) electrons. The van der Waals surface area contributed by atoms with Crippen LogP contribution in [0.25, 0.3) is 88.0 Å². The Morgan fingerprint density at radius 2 is 1.07 bits per heavy atom. The number of furan rings is 2. The first-order valence-electron chi connectivity index (χ1n) is 17.6. The Hall–Kier alpha value is -5.60. The lowest BCUT2D eigenvalue weighted by molar-refractivity contribution is 0.631. The Morgan fingerprint density at radius 3 is 1.74 bits per heavy atom. The highest BCUT2D eigenvalue weighted by atomic mass is 16.3. The second kappa shape index (κ2) is 8.95. The van der Waals surface area contributed by atoms with Gasteiger partial charge in [-0.2, -0.15) is 0 Å². The quantitative estimate of drug-likeness (QED) is 0.207. The molecule has 0 aliphatic heterocycles. The van der Waals surface area contributed by atoms with Crippen molar-refractivity contribution in [3.8, 4) is 33.6 Å². The molecule has 0 N–H and O–H groups in total. The van der Waals surface area contributed by atoms with Crippen LogP contribution >= 0.6 is 0 Å². The van der Waals surface area contributed by atoms with Crippen molar-refractivity contribution in [2.45, 2.75) is 0 Å². The van der Waals surface area contributed by atoms with E-state index in [4.69, 9.17) is 17.1 Å². The highest BCUT2D eigenvalue weighted by Gasteiger charge is 2.20. The van der Waals surface area contributed by atoms with Crippen molar-refractivity contribution >= 4 is 54.5 Å². The van der Waals surface area contributed by atoms with Gasteiger partial charge in [-0.25, -0.2) is 0 Å². The number of hydrogen-bond acceptors (Lipinski definition) is 2. The molecule has 0 amide bonds. The normalized spacial score (nSPS) is 14.5. The van der Waals surface area contributed by atoms with Gasteiger partial charge in [-0.3, -0.25) is 0 Å². The van der Waals surface area contributed by atoms with Crippen LogP contribution in [0.4, 0.5) is 0 Å². The van der Waals surface area contributed by atoms with Crippen LogP contribution in [0, 0.1) is 0 Å². The minimum absolute atomic E-state index is 0.140. The predicted molar refractivity (Wildman–Crippen MR) is 175 cm³/mol. The van der Waals surface area contributed by atoms with Crippen LogP contribution in [0.2, 0.25) is 0 Å². The molecule has 2 nitrogen and oxygen atoms in total. The van der Waals surface area contributed by atoms with Gasteiger partial charge in [0.15, 0.2) is 0 Å². The van der Waals surface area contributed by atoms with E-state index < -0.39 is 24.2 Å². The number of hydrogen-bond donors (Lipinski definition) is 0. The average Bonchev–Trinajstić information content (AvgIpc) is 3.73. The minimum Gasteiger partial charge on any atom is -0.456 e. The summed E-state index contributed by atoms with van der Waals surface area (Å²) in [5.74, 6) is 0.720. The summed E-state index contributed by atoms with van der Waals surface area (Å²) in [4.78, 5) is 0. The van der Waals surface area contributed by atoms with Crippen LogP contribution in [0.5, 0.6) is 0 Å². The first kappa shape index (κ1) is 16.6. The third kappa shape index (κ3) is 3.39. The lowest BCUT2D eigenvalue weighted by Gasteiger charge is -2.17. The number of fused-ring (bicyclic) bond motifs is 6. The molecule has 0 aliphatic carbocycles. The molecule has 0 saturated carbocycles. The molecule has 0 bridgehead atoms. The van der Waals surface area contributed by atoms with Crippen LogP contribution in [-0.4, -0.2) is 0 Å². The molecule has 0 aliphatic rings. The summed E-state index contributed by atoms with van der Waals surface area (Å²) < 4.78 is 84.3. The fourth-order valence-electron chi connectivity index (χ4n) is 6.06.